The predicted molar refractivity (Wildman–Crippen MR) is 104 cm³/mol. The summed E-state index contributed by atoms with van der Waals surface area (Å²) in [6.45, 7) is 5.20. The zero-order valence-electron chi connectivity index (χ0n) is 14.1. The van der Waals surface area contributed by atoms with E-state index in [2.05, 4.69) is 17.6 Å². The highest BCUT2D eigenvalue weighted by atomic mass is 127. The van der Waals surface area contributed by atoms with Crippen molar-refractivity contribution in [3.05, 3.63) is 0 Å². The third kappa shape index (κ3) is 7.02. The van der Waals surface area contributed by atoms with Crippen molar-refractivity contribution in [2.24, 2.45) is 16.3 Å². The summed E-state index contributed by atoms with van der Waals surface area (Å²) in [6.07, 6.45) is 11.4. The molecular formula is C17H34IN3O. The van der Waals surface area contributed by atoms with Crippen molar-refractivity contribution in [1.82, 2.24) is 10.6 Å². The van der Waals surface area contributed by atoms with Crippen molar-refractivity contribution >= 4 is 29.9 Å². The Bertz CT molecular complexity index is 320. The molecule has 0 aromatic carbocycles. The average Bonchev–Trinajstić information content (AvgIpc) is 3.30. The van der Waals surface area contributed by atoms with Crippen LogP contribution in [0.4, 0.5) is 0 Å². The van der Waals surface area contributed by atoms with Gasteiger partial charge in [0.1, 0.15) is 0 Å². The molecule has 0 spiro atoms. The largest absolute Gasteiger partial charge is 0.396 e. The number of guanidine groups is 1. The van der Waals surface area contributed by atoms with Gasteiger partial charge in [0.25, 0.3) is 0 Å². The van der Waals surface area contributed by atoms with Gasteiger partial charge in [0.2, 0.25) is 0 Å². The third-order valence-electron chi connectivity index (χ3n) is 5.02. The number of rotatable bonds is 8. The van der Waals surface area contributed by atoms with Crippen molar-refractivity contribution in [2.75, 3.05) is 26.2 Å². The SMILES string of the molecule is CCNC(=NCC1(CCO)CCCCC1)NCCC1CC1.I. The topological polar surface area (TPSA) is 56.7 Å². The number of nitrogens with zero attached hydrogens (tertiary/aromatic N) is 1. The normalized spacial score (nSPS) is 21.1. The molecule has 0 heterocycles. The average molecular weight is 423 g/mol. The number of aliphatic hydroxyl groups is 1. The van der Waals surface area contributed by atoms with Gasteiger partial charge in [-0.15, -0.1) is 24.0 Å². The molecule has 22 heavy (non-hydrogen) atoms. The highest BCUT2D eigenvalue weighted by molar-refractivity contribution is 14.0. The minimum absolute atomic E-state index is 0. The Hall–Kier alpha value is -0.0400. The summed E-state index contributed by atoms with van der Waals surface area (Å²) < 4.78 is 0. The zero-order valence-corrected chi connectivity index (χ0v) is 16.4. The number of hydrogen-bond acceptors (Lipinski definition) is 2. The van der Waals surface area contributed by atoms with Gasteiger partial charge in [0.05, 0.1) is 0 Å². The van der Waals surface area contributed by atoms with Gasteiger partial charge in [-0.05, 0) is 43.9 Å². The summed E-state index contributed by atoms with van der Waals surface area (Å²) >= 11 is 0. The van der Waals surface area contributed by atoms with E-state index >= 15 is 0 Å². The van der Waals surface area contributed by atoms with E-state index in [0.717, 1.165) is 37.9 Å². The smallest absolute Gasteiger partial charge is 0.191 e. The van der Waals surface area contributed by atoms with E-state index in [-0.39, 0.29) is 29.4 Å². The Kier molecular flexibility index (Phi) is 9.71. The first-order chi connectivity index (χ1) is 10.3. The highest BCUT2D eigenvalue weighted by Gasteiger charge is 2.31. The first kappa shape index (κ1) is 20.0. The van der Waals surface area contributed by atoms with Gasteiger partial charge in [-0.3, -0.25) is 4.99 Å². The molecule has 130 valence electrons. The van der Waals surface area contributed by atoms with Crippen LogP contribution in [0.1, 0.15) is 64.7 Å². The van der Waals surface area contributed by atoms with E-state index in [4.69, 9.17) is 4.99 Å². The van der Waals surface area contributed by atoms with E-state index in [9.17, 15) is 5.11 Å². The van der Waals surface area contributed by atoms with Gasteiger partial charge in [-0.1, -0.05) is 32.1 Å². The Morgan fingerprint density at radius 3 is 2.50 bits per heavy atom. The van der Waals surface area contributed by atoms with Gasteiger partial charge in [0.15, 0.2) is 5.96 Å². The van der Waals surface area contributed by atoms with E-state index in [0.29, 0.717) is 6.61 Å². The fraction of sp³-hybridized carbons (Fsp3) is 0.941. The summed E-state index contributed by atoms with van der Waals surface area (Å²) in [6, 6.07) is 0. The van der Waals surface area contributed by atoms with Crippen LogP contribution in [0.3, 0.4) is 0 Å². The first-order valence-corrected chi connectivity index (χ1v) is 8.91. The standard InChI is InChI=1S/C17H33N3O.HI/c1-2-18-16(19-12-8-15-6-7-15)20-14-17(11-13-21)9-4-3-5-10-17;/h15,21H,2-14H2,1H3,(H2,18,19,20);1H. The second kappa shape index (κ2) is 10.7. The summed E-state index contributed by atoms with van der Waals surface area (Å²) in [5.74, 6) is 1.92. The minimum atomic E-state index is 0. The molecule has 0 radical (unpaired) electrons. The van der Waals surface area contributed by atoms with Crippen molar-refractivity contribution in [1.29, 1.82) is 0 Å². The lowest BCUT2D eigenvalue weighted by molar-refractivity contribution is 0.137. The predicted octanol–water partition coefficient (Wildman–Crippen LogP) is 3.29. The Labute approximate surface area is 152 Å². The zero-order chi connectivity index (χ0) is 15.0. The molecule has 4 nitrogen and oxygen atoms in total. The van der Waals surface area contributed by atoms with Gasteiger partial charge in [-0.2, -0.15) is 0 Å². The van der Waals surface area contributed by atoms with Crippen molar-refractivity contribution < 1.29 is 5.11 Å². The molecule has 0 saturated heterocycles. The summed E-state index contributed by atoms with van der Waals surface area (Å²) in [5.41, 5.74) is 0.242. The molecule has 0 aromatic heterocycles. The molecular weight excluding hydrogens is 389 g/mol. The molecule has 0 unspecified atom stereocenters. The van der Waals surface area contributed by atoms with E-state index in [1.165, 1.54) is 51.4 Å². The molecule has 0 aliphatic heterocycles. The monoisotopic (exact) mass is 423 g/mol. The van der Waals surface area contributed by atoms with E-state index < -0.39 is 0 Å². The number of aliphatic imine (C=N–C) groups is 1. The van der Waals surface area contributed by atoms with Crippen molar-refractivity contribution in [3.8, 4) is 0 Å². The molecule has 0 amide bonds. The van der Waals surface area contributed by atoms with Crippen LogP contribution in [0.2, 0.25) is 0 Å². The maximum Gasteiger partial charge on any atom is 0.191 e. The lowest BCUT2D eigenvalue weighted by Gasteiger charge is -2.35. The second-order valence-electron chi connectivity index (χ2n) is 6.89. The molecule has 2 saturated carbocycles. The lowest BCUT2D eigenvalue weighted by Crippen LogP contribution is -2.39. The highest BCUT2D eigenvalue weighted by Crippen LogP contribution is 2.39. The fourth-order valence-electron chi connectivity index (χ4n) is 3.42. The van der Waals surface area contributed by atoms with Gasteiger partial charge < -0.3 is 15.7 Å². The van der Waals surface area contributed by atoms with Crippen LogP contribution < -0.4 is 10.6 Å². The molecule has 2 aliphatic carbocycles. The minimum Gasteiger partial charge on any atom is -0.396 e. The van der Waals surface area contributed by atoms with Crippen LogP contribution in [0.25, 0.3) is 0 Å². The lowest BCUT2D eigenvalue weighted by atomic mass is 9.72. The number of hydrogen-bond donors (Lipinski definition) is 3. The maximum atomic E-state index is 9.38. The molecule has 0 atom stereocenters. The Morgan fingerprint density at radius 1 is 1.18 bits per heavy atom. The van der Waals surface area contributed by atoms with Crippen LogP contribution in [0.5, 0.6) is 0 Å². The number of nitrogens with one attached hydrogen (secondary N) is 2. The number of aliphatic hydroxyl groups excluding tert-OH is 1. The molecule has 5 heteroatoms. The quantitative estimate of drug-likeness (QED) is 0.319. The molecule has 2 rings (SSSR count). The van der Waals surface area contributed by atoms with Crippen molar-refractivity contribution in [2.45, 2.75) is 64.7 Å². The Balaban J connectivity index is 0.00000242. The summed E-state index contributed by atoms with van der Waals surface area (Å²) in [7, 11) is 0. The van der Waals surface area contributed by atoms with Crippen LogP contribution in [-0.2, 0) is 0 Å². The van der Waals surface area contributed by atoms with Gasteiger partial charge in [-0.25, -0.2) is 0 Å². The maximum absolute atomic E-state index is 9.38. The molecule has 2 fully saturated rings. The van der Waals surface area contributed by atoms with Crippen molar-refractivity contribution in [3.63, 3.8) is 0 Å². The van der Waals surface area contributed by atoms with Crippen LogP contribution >= 0.6 is 24.0 Å². The Morgan fingerprint density at radius 2 is 1.91 bits per heavy atom. The van der Waals surface area contributed by atoms with Crippen LogP contribution in [-0.4, -0.2) is 37.3 Å². The van der Waals surface area contributed by atoms with Gasteiger partial charge >= 0.3 is 0 Å². The van der Waals surface area contributed by atoms with Gasteiger partial charge in [0, 0.05) is 26.2 Å². The summed E-state index contributed by atoms with van der Waals surface area (Å²) in [5, 5.41) is 16.2. The summed E-state index contributed by atoms with van der Waals surface area (Å²) in [4.78, 5) is 4.83. The van der Waals surface area contributed by atoms with E-state index in [1.54, 1.807) is 0 Å². The van der Waals surface area contributed by atoms with Crippen LogP contribution in [0, 0.1) is 11.3 Å². The first-order valence-electron chi connectivity index (χ1n) is 8.91. The molecule has 2 aliphatic rings. The van der Waals surface area contributed by atoms with Crippen LogP contribution in [0.15, 0.2) is 4.99 Å². The molecule has 0 bridgehead atoms. The molecule has 0 aromatic rings. The number of halogens is 1. The van der Waals surface area contributed by atoms with E-state index in [1.807, 2.05) is 0 Å². The third-order valence-corrected chi connectivity index (χ3v) is 5.02. The molecule has 3 N–H and O–H groups in total. The second-order valence-corrected chi connectivity index (χ2v) is 6.89. The fourth-order valence-corrected chi connectivity index (χ4v) is 3.42.